The maximum absolute atomic E-state index is 11.6. The molecule has 1 aliphatic rings. The van der Waals surface area contributed by atoms with Gasteiger partial charge in [-0.15, -0.1) is 0 Å². The number of imide groups is 1. The monoisotopic (exact) mass is 272 g/mol. The fraction of sp³-hybridized carbons (Fsp3) is 0.727. The van der Waals surface area contributed by atoms with Crippen LogP contribution in [-0.2, 0) is 9.59 Å². The molecule has 8 nitrogen and oxygen atoms in total. The van der Waals surface area contributed by atoms with Crippen LogP contribution in [-0.4, -0.2) is 66.2 Å². The first-order valence-electron chi connectivity index (χ1n) is 6.18. The summed E-state index contributed by atoms with van der Waals surface area (Å²) in [6, 6.07) is -1.38. The van der Waals surface area contributed by atoms with Crippen molar-refractivity contribution in [3.8, 4) is 0 Å². The molecule has 1 fully saturated rings. The van der Waals surface area contributed by atoms with E-state index in [1.54, 1.807) is 13.8 Å². The molecule has 108 valence electrons. The number of urea groups is 1. The van der Waals surface area contributed by atoms with E-state index in [0.717, 1.165) is 0 Å². The number of carbonyl (C=O) groups is 3. The molecule has 0 saturated carbocycles. The van der Waals surface area contributed by atoms with E-state index in [0.29, 0.717) is 19.6 Å². The molecule has 0 aliphatic carbocycles. The Balaban J connectivity index is 2.46. The van der Waals surface area contributed by atoms with E-state index >= 15 is 0 Å². The molecule has 0 aromatic rings. The maximum Gasteiger partial charge on any atom is 0.322 e. The number of nitrogens with one attached hydrogen (secondary N) is 3. The van der Waals surface area contributed by atoms with Crippen molar-refractivity contribution >= 4 is 17.9 Å². The van der Waals surface area contributed by atoms with Gasteiger partial charge in [0, 0.05) is 25.7 Å². The van der Waals surface area contributed by atoms with E-state index in [1.165, 1.54) is 4.90 Å². The van der Waals surface area contributed by atoms with Crippen LogP contribution in [0.2, 0.25) is 0 Å². The Kier molecular flexibility index (Phi) is 5.71. The van der Waals surface area contributed by atoms with Gasteiger partial charge in [-0.3, -0.25) is 19.8 Å². The summed E-state index contributed by atoms with van der Waals surface area (Å²) >= 11 is 0. The lowest BCUT2D eigenvalue weighted by Crippen LogP contribution is -2.57. The summed E-state index contributed by atoms with van der Waals surface area (Å²) in [4.78, 5) is 35.5. The zero-order valence-corrected chi connectivity index (χ0v) is 11.1. The average molecular weight is 272 g/mol. The van der Waals surface area contributed by atoms with Crippen LogP contribution in [0.5, 0.6) is 0 Å². The first-order valence-corrected chi connectivity index (χ1v) is 6.18. The van der Waals surface area contributed by atoms with Crippen molar-refractivity contribution < 1.29 is 19.5 Å². The minimum Gasteiger partial charge on any atom is -0.480 e. The van der Waals surface area contributed by atoms with Crippen molar-refractivity contribution in [2.45, 2.75) is 25.9 Å². The Morgan fingerprint density at radius 2 is 2.11 bits per heavy atom. The molecule has 1 aliphatic heterocycles. The summed E-state index contributed by atoms with van der Waals surface area (Å²) in [5.74, 6) is -1.49. The van der Waals surface area contributed by atoms with Crippen molar-refractivity contribution in [3.05, 3.63) is 0 Å². The molecule has 3 amide bonds. The predicted octanol–water partition coefficient (Wildman–Crippen LogP) is -1.42. The first kappa shape index (κ1) is 15.4. The van der Waals surface area contributed by atoms with Gasteiger partial charge in [0.2, 0.25) is 5.91 Å². The largest absolute Gasteiger partial charge is 0.480 e. The van der Waals surface area contributed by atoms with Crippen molar-refractivity contribution in [2.75, 3.05) is 26.2 Å². The van der Waals surface area contributed by atoms with Crippen LogP contribution < -0.4 is 16.0 Å². The minimum atomic E-state index is -0.980. The number of carbonyl (C=O) groups excluding carboxylic acids is 2. The summed E-state index contributed by atoms with van der Waals surface area (Å²) in [7, 11) is 0. The molecule has 19 heavy (non-hydrogen) atoms. The van der Waals surface area contributed by atoms with Gasteiger partial charge in [-0.1, -0.05) is 0 Å². The van der Waals surface area contributed by atoms with Gasteiger partial charge < -0.3 is 15.7 Å². The van der Waals surface area contributed by atoms with Crippen molar-refractivity contribution in [2.24, 2.45) is 0 Å². The Morgan fingerprint density at radius 1 is 1.42 bits per heavy atom. The molecular weight excluding hydrogens is 252 g/mol. The molecule has 0 radical (unpaired) electrons. The van der Waals surface area contributed by atoms with Crippen molar-refractivity contribution in [1.82, 2.24) is 20.9 Å². The van der Waals surface area contributed by atoms with E-state index in [-0.39, 0.29) is 12.6 Å². The van der Waals surface area contributed by atoms with Crippen LogP contribution in [0, 0.1) is 0 Å². The van der Waals surface area contributed by atoms with Gasteiger partial charge in [-0.05, 0) is 13.8 Å². The topological polar surface area (TPSA) is 111 Å². The van der Waals surface area contributed by atoms with Gasteiger partial charge in [0.15, 0.2) is 0 Å². The fourth-order valence-corrected chi connectivity index (χ4v) is 1.83. The number of carboxylic acid groups (broad SMARTS) is 1. The quantitative estimate of drug-likeness (QED) is 0.500. The standard InChI is InChI=1S/C11H20N4O4/c1-7(2)13-11(19)14-9(16)6-15-4-3-12-5-8(15)10(17)18/h7-8,12H,3-6H2,1-2H3,(H,17,18)(H2,13,14,16,19). The number of amides is 3. The highest BCUT2D eigenvalue weighted by Gasteiger charge is 2.29. The van der Waals surface area contributed by atoms with Crippen LogP contribution >= 0.6 is 0 Å². The normalized spacial score (nSPS) is 20.1. The highest BCUT2D eigenvalue weighted by atomic mass is 16.4. The first-order chi connectivity index (χ1) is 8.90. The van der Waals surface area contributed by atoms with E-state index in [1.807, 2.05) is 0 Å². The third-order valence-electron chi connectivity index (χ3n) is 2.66. The number of carboxylic acids is 1. The molecule has 0 aromatic heterocycles. The van der Waals surface area contributed by atoms with Crippen LogP contribution in [0.4, 0.5) is 4.79 Å². The predicted molar refractivity (Wildman–Crippen MR) is 67.7 cm³/mol. The van der Waals surface area contributed by atoms with E-state index < -0.39 is 23.9 Å². The van der Waals surface area contributed by atoms with Crippen LogP contribution in [0.3, 0.4) is 0 Å². The third kappa shape index (κ3) is 5.23. The molecule has 0 aromatic carbocycles. The molecule has 0 spiro atoms. The second kappa shape index (κ2) is 7.05. The molecule has 1 heterocycles. The highest BCUT2D eigenvalue weighted by Crippen LogP contribution is 2.02. The summed E-state index contributed by atoms with van der Waals surface area (Å²) in [6.07, 6.45) is 0. The van der Waals surface area contributed by atoms with E-state index in [9.17, 15) is 14.4 Å². The Bertz CT molecular complexity index is 359. The minimum absolute atomic E-state index is 0.0706. The number of hydrogen-bond donors (Lipinski definition) is 4. The van der Waals surface area contributed by atoms with Gasteiger partial charge in [0.1, 0.15) is 6.04 Å². The van der Waals surface area contributed by atoms with Gasteiger partial charge >= 0.3 is 12.0 Å². The average Bonchev–Trinajstić information content (AvgIpc) is 2.27. The Morgan fingerprint density at radius 3 is 2.68 bits per heavy atom. The molecule has 0 bridgehead atoms. The lowest BCUT2D eigenvalue weighted by atomic mass is 10.2. The van der Waals surface area contributed by atoms with Crippen molar-refractivity contribution in [3.63, 3.8) is 0 Å². The van der Waals surface area contributed by atoms with Crippen molar-refractivity contribution in [1.29, 1.82) is 0 Å². The highest BCUT2D eigenvalue weighted by molar-refractivity contribution is 5.95. The Labute approximate surface area is 111 Å². The lowest BCUT2D eigenvalue weighted by molar-refractivity contribution is -0.144. The molecule has 1 unspecified atom stereocenters. The lowest BCUT2D eigenvalue weighted by Gasteiger charge is -2.32. The zero-order valence-electron chi connectivity index (χ0n) is 11.1. The van der Waals surface area contributed by atoms with E-state index in [4.69, 9.17) is 5.11 Å². The Hall–Kier alpha value is -1.67. The SMILES string of the molecule is CC(C)NC(=O)NC(=O)CN1CCNCC1C(=O)O. The zero-order chi connectivity index (χ0) is 14.4. The number of piperazine rings is 1. The summed E-state index contributed by atoms with van der Waals surface area (Å²) in [5, 5.41) is 16.7. The van der Waals surface area contributed by atoms with Gasteiger partial charge in [-0.2, -0.15) is 0 Å². The molecule has 1 saturated heterocycles. The summed E-state index contributed by atoms with van der Waals surface area (Å²) in [5.41, 5.74) is 0. The fourth-order valence-electron chi connectivity index (χ4n) is 1.83. The number of nitrogens with zero attached hydrogens (tertiary/aromatic N) is 1. The van der Waals surface area contributed by atoms with Gasteiger partial charge in [0.05, 0.1) is 6.54 Å². The van der Waals surface area contributed by atoms with Crippen LogP contribution in [0.1, 0.15) is 13.8 Å². The molecular formula is C11H20N4O4. The summed E-state index contributed by atoms with van der Waals surface area (Å²) < 4.78 is 0. The molecule has 8 heteroatoms. The molecule has 4 N–H and O–H groups in total. The number of rotatable bonds is 4. The number of aliphatic carboxylic acids is 1. The molecule has 1 rings (SSSR count). The van der Waals surface area contributed by atoms with Crippen LogP contribution in [0.15, 0.2) is 0 Å². The van der Waals surface area contributed by atoms with E-state index in [2.05, 4.69) is 16.0 Å². The van der Waals surface area contributed by atoms with Gasteiger partial charge in [-0.25, -0.2) is 4.79 Å². The second-order valence-corrected chi connectivity index (χ2v) is 4.70. The third-order valence-corrected chi connectivity index (χ3v) is 2.66. The maximum atomic E-state index is 11.6. The van der Waals surface area contributed by atoms with Gasteiger partial charge in [0.25, 0.3) is 0 Å². The summed E-state index contributed by atoms with van der Waals surface area (Å²) in [6.45, 7) is 4.82. The smallest absolute Gasteiger partial charge is 0.322 e. The van der Waals surface area contributed by atoms with Crippen LogP contribution in [0.25, 0.3) is 0 Å². The number of hydrogen-bond acceptors (Lipinski definition) is 5. The molecule has 1 atom stereocenters. The second-order valence-electron chi connectivity index (χ2n) is 4.70.